The Morgan fingerprint density at radius 1 is 1.15 bits per heavy atom. The van der Waals surface area contributed by atoms with E-state index >= 15 is 0 Å². The maximum absolute atomic E-state index is 13.9. The normalized spacial score (nSPS) is 23.6. The van der Waals surface area contributed by atoms with Crippen molar-refractivity contribution in [2.24, 2.45) is 5.92 Å². The van der Waals surface area contributed by atoms with Gasteiger partial charge in [-0.15, -0.1) is 0 Å². The van der Waals surface area contributed by atoms with Crippen LogP contribution in [0.4, 0.5) is 13.2 Å². The Morgan fingerprint density at radius 3 is 2.41 bits per heavy atom. The van der Waals surface area contributed by atoms with Crippen LogP contribution in [0.2, 0.25) is 0 Å². The van der Waals surface area contributed by atoms with Crippen LogP contribution in [0.5, 0.6) is 0 Å². The summed E-state index contributed by atoms with van der Waals surface area (Å²) in [6.45, 7) is 0.404. The third-order valence-electron chi connectivity index (χ3n) is 5.51. The summed E-state index contributed by atoms with van der Waals surface area (Å²) in [5.74, 6) is -1.95. The topological polar surface area (TPSA) is 81.2 Å². The number of rotatable bonds is 8. The van der Waals surface area contributed by atoms with Gasteiger partial charge < -0.3 is 14.8 Å². The Labute approximate surface area is 157 Å². The number of carbonyl (C=O) groups is 2. The second kappa shape index (κ2) is 9.73. The number of methoxy groups -OCH3 is 1. The lowest BCUT2D eigenvalue weighted by Gasteiger charge is -2.32. The van der Waals surface area contributed by atoms with Crippen molar-refractivity contribution in [2.75, 3.05) is 20.3 Å². The average Bonchev–Trinajstić information content (AvgIpc) is 3.16. The van der Waals surface area contributed by atoms with E-state index < -0.39 is 23.7 Å². The Morgan fingerprint density at radius 2 is 1.85 bits per heavy atom. The maximum Gasteiger partial charge on any atom is 0.478 e. The van der Waals surface area contributed by atoms with Gasteiger partial charge in [-0.05, 0) is 25.2 Å². The van der Waals surface area contributed by atoms with Gasteiger partial charge in [0.25, 0.3) is 0 Å². The van der Waals surface area contributed by atoms with Crippen LogP contribution in [0.15, 0.2) is 0 Å². The molecule has 0 aromatic heterocycles. The fraction of sp³-hybridized carbons (Fsp3) is 0.889. The van der Waals surface area contributed by atoms with Crippen molar-refractivity contribution in [3.63, 3.8) is 0 Å². The summed E-state index contributed by atoms with van der Waals surface area (Å²) in [4.78, 5) is 24.4. The number of amides is 1. The van der Waals surface area contributed by atoms with Crippen LogP contribution in [0.1, 0.15) is 57.8 Å². The van der Waals surface area contributed by atoms with Gasteiger partial charge in [0.05, 0.1) is 7.11 Å². The molecule has 1 amide bonds. The predicted molar refractivity (Wildman–Crippen MR) is 90.5 cm³/mol. The van der Waals surface area contributed by atoms with Crippen LogP contribution >= 0.6 is 0 Å². The number of halogens is 3. The second-order valence-corrected chi connectivity index (χ2v) is 7.46. The standard InChI is InChI=1S/C18H29F3N2O4/c1-26-16(25)17(18(19,20)21,22-12-14-8-5-11-27-14)23-15(24)10-9-13-6-3-2-4-7-13/h13-14,22H,2-12H2,1H3,(H,23,24)/p+1/t14-,17+/m0/s1. The van der Waals surface area contributed by atoms with Crippen molar-refractivity contribution < 1.29 is 37.6 Å². The molecule has 9 heteroatoms. The molecule has 0 radical (unpaired) electrons. The van der Waals surface area contributed by atoms with Crippen LogP contribution < -0.4 is 10.6 Å². The zero-order valence-electron chi connectivity index (χ0n) is 15.8. The Balaban J connectivity index is 2.04. The lowest BCUT2D eigenvalue weighted by molar-refractivity contribution is -0.747. The summed E-state index contributed by atoms with van der Waals surface area (Å²) < 4.78 is 51.3. The minimum Gasteiger partial charge on any atom is -0.463 e. The number of ether oxygens (including phenoxy) is 2. The van der Waals surface area contributed by atoms with Gasteiger partial charge in [0.15, 0.2) is 0 Å². The fourth-order valence-corrected chi connectivity index (χ4v) is 3.88. The van der Waals surface area contributed by atoms with E-state index in [0.29, 0.717) is 25.4 Å². The highest BCUT2D eigenvalue weighted by Crippen LogP contribution is 2.29. The van der Waals surface area contributed by atoms with E-state index in [2.05, 4.69) is 4.74 Å². The first-order valence-electron chi connectivity index (χ1n) is 9.70. The van der Waals surface area contributed by atoms with E-state index in [1.54, 1.807) is 0 Å². The molecule has 0 spiro atoms. The molecule has 3 N–H and O–H groups in total. The van der Waals surface area contributed by atoms with E-state index in [0.717, 1.165) is 44.5 Å². The summed E-state index contributed by atoms with van der Waals surface area (Å²) in [7, 11) is 0.886. The predicted octanol–water partition coefficient (Wildman–Crippen LogP) is 1.64. The van der Waals surface area contributed by atoms with Gasteiger partial charge in [-0.1, -0.05) is 32.1 Å². The average molecular weight is 395 g/mol. The largest absolute Gasteiger partial charge is 0.478 e. The van der Waals surface area contributed by atoms with E-state index in [9.17, 15) is 22.8 Å². The second-order valence-electron chi connectivity index (χ2n) is 7.46. The summed E-state index contributed by atoms with van der Waals surface area (Å²) >= 11 is 0. The SMILES string of the molecule is COC(=O)[C@](NC(=O)CCC1CCCCC1)([NH2+]C[C@@H]1CCCO1)C(F)(F)F. The highest BCUT2D eigenvalue weighted by Gasteiger charge is 2.67. The van der Waals surface area contributed by atoms with Crippen molar-refractivity contribution in [1.82, 2.24) is 5.32 Å². The number of quaternary nitrogens is 1. The molecule has 1 saturated carbocycles. The van der Waals surface area contributed by atoms with Crippen LogP contribution in [0.25, 0.3) is 0 Å². The Kier molecular flexibility index (Phi) is 7.91. The molecule has 0 unspecified atom stereocenters. The third kappa shape index (κ3) is 5.81. The highest BCUT2D eigenvalue weighted by molar-refractivity contribution is 5.87. The molecule has 27 heavy (non-hydrogen) atoms. The van der Waals surface area contributed by atoms with Gasteiger partial charge in [-0.3, -0.25) is 10.1 Å². The molecule has 2 aliphatic rings. The highest BCUT2D eigenvalue weighted by atomic mass is 19.4. The van der Waals surface area contributed by atoms with Crippen molar-refractivity contribution >= 4 is 11.9 Å². The monoisotopic (exact) mass is 395 g/mol. The summed E-state index contributed by atoms with van der Waals surface area (Å²) in [6.07, 6.45) is 1.87. The Bertz CT molecular complexity index is 503. The first kappa shape index (κ1) is 21.9. The zero-order chi connectivity index (χ0) is 19.9. The van der Waals surface area contributed by atoms with E-state index in [4.69, 9.17) is 4.74 Å². The molecule has 2 fully saturated rings. The lowest BCUT2D eigenvalue weighted by atomic mass is 9.86. The maximum atomic E-state index is 13.9. The molecule has 1 heterocycles. The minimum atomic E-state index is -5.00. The van der Waals surface area contributed by atoms with E-state index in [-0.39, 0.29) is 19.1 Å². The smallest absolute Gasteiger partial charge is 0.463 e. The van der Waals surface area contributed by atoms with Crippen LogP contribution in [-0.4, -0.2) is 50.1 Å². The number of hydrogen-bond donors (Lipinski definition) is 2. The molecule has 0 aromatic carbocycles. The molecule has 2 rings (SSSR count). The first-order valence-corrected chi connectivity index (χ1v) is 9.70. The van der Waals surface area contributed by atoms with Crippen LogP contribution in [0, 0.1) is 5.92 Å². The van der Waals surface area contributed by atoms with Crippen molar-refractivity contribution in [1.29, 1.82) is 0 Å². The van der Waals surface area contributed by atoms with Gasteiger partial charge >= 0.3 is 17.8 Å². The summed E-state index contributed by atoms with van der Waals surface area (Å²) in [5, 5.41) is 2.73. The fourth-order valence-electron chi connectivity index (χ4n) is 3.88. The summed E-state index contributed by atoms with van der Waals surface area (Å²) in [5.41, 5.74) is -3.14. The molecule has 156 valence electrons. The lowest BCUT2D eigenvalue weighted by Crippen LogP contribution is -3.07. The van der Waals surface area contributed by atoms with Crippen molar-refractivity contribution in [3.8, 4) is 0 Å². The minimum absolute atomic E-state index is 0.0345. The molecule has 1 saturated heterocycles. The van der Waals surface area contributed by atoms with Crippen molar-refractivity contribution in [3.05, 3.63) is 0 Å². The number of alkyl halides is 3. The van der Waals surface area contributed by atoms with Gasteiger partial charge in [0.2, 0.25) is 5.91 Å². The van der Waals surface area contributed by atoms with E-state index in [1.165, 1.54) is 6.42 Å². The van der Waals surface area contributed by atoms with Crippen LogP contribution in [-0.2, 0) is 19.1 Å². The first-order chi connectivity index (χ1) is 12.8. The summed E-state index contributed by atoms with van der Waals surface area (Å²) in [6, 6.07) is 0. The van der Waals surface area contributed by atoms with Crippen LogP contribution in [0.3, 0.4) is 0 Å². The molecule has 1 aliphatic heterocycles. The number of carbonyl (C=O) groups excluding carboxylic acids is 2. The van der Waals surface area contributed by atoms with Gasteiger partial charge in [0, 0.05) is 13.0 Å². The molecule has 2 atom stereocenters. The Hall–Kier alpha value is -1.35. The quantitative estimate of drug-likeness (QED) is 0.484. The number of hydrogen-bond acceptors (Lipinski definition) is 4. The molecule has 1 aliphatic carbocycles. The molecule has 0 aromatic rings. The van der Waals surface area contributed by atoms with Gasteiger partial charge in [-0.2, -0.15) is 13.2 Å². The zero-order valence-corrected chi connectivity index (χ0v) is 15.8. The number of nitrogens with two attached hydrogens (primary N) is 1. The van der Waals surface area contributed by atoms with Gasteiger partial charge in [-0.25, -0.2) is 4.79 Å². The molecular formula is C18H30F3N2O4+. The van der Waals surface area contributed by atoms with Gasteiger partial charge in [0.1, 0.15) is 12.6 Å². The molecule has 6 nitrogen and oxygen atoms in total. The number of nitrogens with one attached hydrogen (secondary N) is 1. The third-order valence-corrected chi connectivity index (χ3v) is 5.51. The molecule has 0 bridgehead atoms. The van der Waals surface area contributed by atoms with Crippen molar-refractivity contribution in [2.45, 2.75) is 75.7 Å². The molecular weight excluding hydrogens is 365 g/mol. The van der Waals surface area contributed by atoms with E-state index in [1.807, 2.05) is 5.32 Å². The number of esters is 1.